The minimum absolute atomic E-state index is 0.540. The standard InChI is InChI=1S/C16H15BN2O/c17-15-9-5-4-6-13(15)12-20-16-10-11-19(18-16)14-7-2-1-3-8-14/h1-11H,12,17H2. The van der Waals surface area contributed by atoms with E-state index in [1.807, 2.05) is 59.4 Å². The Bertz CT molecular complexity index is 694. The van der Waals surface area contributed by atoms with Crippen LogP contribution in [0.15, 0.2) is 66.9 Å². The molecule has 20 heavy (non-hydrogen) atoms. The number of nitrogens with zero attached hydrogens (tertiary/aromatic N) is 2. The van der Waals surface area contributed by atoms with E-state index in [0.29, 0.717) is 12.5 Å². The molecule has 0 amide bonds. The van der Waals surface area contributed by atoms with Crippen LogP contribution < -0.4 is 10.2 Å². The second-order valence-corrected chi connectivity index (χ2v) is 4.65. The van der Waals surface area contributed by atoms with Crippen LogP contribution in [0.2, 0.25) is 0 Å². The van der Waals surface area contributed by atoms with Crippen molar-refractivity contribution in [1.29, 1.82) is 0 Å². The fourth-order valence-corrected chi connectivity index (χ4v) is 2.03. The zero-order chi connectivity index (χ0) is 13.8. The number of hydrogen-bond donors (Lipinski definition) is 0. The number of hydrogen-bond acceptors (Lipinski definition) is 2. The zero-order valence-corrected chi connectivity index (χ0v) is 11.4. The van der Waals surface area contributed by atoms with Crippen LogP contribution in [0.25, 0.3) is 5.69 Å². The maximum Gasteiger partial charge on any atom is 0.233 e. The first kappa shape index (κ1) is 12.5. The summed E-state index contributed by atoms with van der Waals surface area (Å²) in [5.41, 5.74) is 3.44. The van der Waals surface area contributed by atoms with E-state index in [9.17, 15) is 0 Å². The molecule has 0 N–H and O–H groups in total. The SMILES string of the molecule is Bc1ccccc1COc1ccn(-c2ccccc2)n1. The molecule has 3 nitrogen and oxygen atoms in total. The maximum absolute atomic E-state index is 5.74. The van der Waals surface area contributed by atoms with Gasteiger partial charge >= 0.3 is 0 Å². The Labute approximate surface area is 119 Å². The van der Waals surface area contributed by atoms with E-state index >= 15 is 0 Å². The fourth-order valence-electron chi connectivity index (χ4n) is 2.03. The molecule has 0 unspecified atom stereocenters. The van der Waals surface area contributed by atoms with Crippen molar-refractivity contribution in [3.8, 4) is 11.6 Å². The molecule has 4 heteroatoms. The van der Waals surface area contributed by atoms with Gasteiger partial charge in [0.2, 0.25) is 5.88 Å². The van der Waals surface area contributed by atoms with Crippen molar-refractivity contribution in [1.82, 2.24) is 9.78 Å². The molecule has 0 radical (unpaired) electrons. The fraction of sp³-hybridized carbons (Fsp3) is 0.0625. The molecular formula is C16H15BN2O. The normalized spacial score (nSPS) is 10.4. The van der Waals surface area contributed by atoms with E-state index in [0.717, 1.165) is 5.69 Å². The van der Waals surface area contributed by atoms with Gasteiger partial charge in [0.25, 0.3) is 0 Å². The summed E-state index contributed by atoms with van der Waals surface area (Å²) in [6, 6.07) is 20.1. The number of benzene rings is 2. The summed E-state index contributed by atoms with van der Waals surface area (Å²) >= 11 is 0. The first-order valence-corrected chi connectivity index (χ1v) is 6.61. The summed E-state index contributed by atoms with van der Waals surface area (Å²) in [4.78, 5) is 0. The second kappa shape index (κ2) is 5.65. The molecule has 0 fully saturated rings. The predicted molar refractivity (Wildman–Crippen MR) is 82.5 cm³/mol. The minimum atomic E-state index is 0.540. The molecule has 2 aromatic carbocycles. The van der Waals surface area contributed by atoms with E-state index < -0.39 is 0 Å². The molecule has 0 atom stereocenters. The van der Waals surface area contributed by atoms with Crippen LogP contribution in [-0.4, -0.2) is 17.6 Å². The number of para-hydroxylation sites is 1. The molecule has 0 saturated heterocycles. The molecule has 3 rings (SSSR count). The Morgan fingerprint density at radius 1 is 0.950 bits per heavy atom. The van der Waals surface area contributed by atoms with Gasteiger partial charge in [-0.05, 0) is 17.7 Å². The lowest BCUT2D eigenvalue weighted by molar-refractivity contribution is 0.293. The molecule has 0 aliphatic heterocycles. The van der Waals surface area contributed by atoms with Crippen LogP contribution in [0, 0.1) is 0 Å². The van der Waals surface area contributed by atoms with Gasteiger partial charge in [0.1, 0.15) is 14.5 Å². The van der Waals surface area contributed by atoms with Gasteiger partial charge in [0.15, 0.2) is 0 Å². The van der Waals surface area contributed by atoms with Crippen LogP contribution >= 0.6 is 0 Å². The third kappa shape index (κ3) is 2.74. The molecule has 3 aromatic rings. The molecule has 0 saturated carbocycles. The molecule has 0 aliphatic rings. The Morgan fingerprint density at radius 2 is 1.70 bits per heavy atom. The minimum Gasteiger partial charge on any atom is -0.472 e. The summed E-state index contributed by atoms with van der Waals surface area (Å²) < 4.78 is 7.56. The van der Waals surface area contributed by atoms with Crippen molar-refractivity contribution < 1.29 is 4.74 Å². The molecule has 1 aromatic heterocycles. The molecule has 1 heterocycles. The smallest absolute Gasteiger partial charge is 0.233 e. The average molecular weight is 262 g/mol. The van der Waals surface area contributed by atoms with E-state index in [-0.39, 0.29) is 0 Å². The number of ether oxygens (including phenoxy) is 1. The number of aromatic nitrogens is 2. The van der Waals surface area contributed by atoms with Crippen LogP contribution in [0.5, 0.6) is 5.88 Å². The first-order chi connectivity index (χ1) is 9.83. The molecule has 0 bridgehead atoms. The van der Waals surface area contributed by atoms with E-state index in [1.165, 1.54) is 11.0 Å². The highest BCUT2D eigenvalue weighted by atomic mass is 16.5. The van der Waals surface area contributed by atoms with Crippen LogP contribution in [0.1, 0.15) is 5.56 Å². The van der Waals surface area contributed by atoms with Crippen LogP contribution in [0.3, 0.4) is 0 Å². The highest BCUT2D eigenvalue weighted by molar-refractivity contribution is 6.33. The molecule has 98 valence electrons. The molecular weight excluding hydrogens is 247 g/mol. The maximum atomic E-state index is 5.74. The lowest BCUT2D eigenvalue weighted by Crippen LogP contribution is -2.12. The molecule has 0 spiro atoms. The Kier molecular flexibility index (Phi) is 3.55. The Balaban J connectivity index is 1.71. The summed E-state index contributed by atoms with van der Waals surface area (Å²) in [7, 11) is 2.08. The first-order valence-electron chi connectivity index (χ1n) is 6.61. The zero-order valence-electron chi connectivity index (χ0n) is 11.4. The van der Waals surface area contributed by atoms with Gasteiger partial charge in [-0.15, -0.1) is 5.10 Å². The van der Waals surface area contributed by atoms with Crippen molar-refractivity contribution in [2.24, 2.45) is 0 Å². The van der Waals surface area contributed by atoms with E-state index in [4.69, 9.17) is 4.74 Å². The van der Waals surface area contributed by atoms with Gasteiger partial charge in [-0.25, -0.2) is 4.68 Å². The Hall–Kier alpha value is -2.49. The quantitative estimate of drug-likeness (QED) is 0.669. The van der Waals surface area contributed by atoms with Gasteiger partial charge < -0.3 is 4.74 Å². The van der Waals surface area contributed by atoms with Gasteiger partial charge in [-0.2, -0.15) is 0 Å². The summed E-state index contributed by atoms with van der Waals surface area (Å²) in [6.07, 6.45) is 1.91. The van der Waals surface area contributed by atoms with E-state index in [1.54, 1.807) is 0 Å². The van der Waals surface area contributed by atoms with Gasteiger partial charge in [-0.1, -0.05) is 47.9 Å². The highest BCUT2D eigenvalue weighted by Gasteiger charge is 2.03. The third-order valence-electron chi connectivity index (χ3n) is 3.22. The van der Waals surface area contributed by atoms with Crippen molar-refractivity contribution in [3.05, 3.63) is 72.4 Å². The largest absolute Gasteiger partial charge is 0.472 e. The third-order valence-corrected chi connectivity index (χ3v) is 3.22. The highest BCUT2D eigenvalue weighted by Crippen LogP contribution is 2.12. The predicted octanol–water partition coefficient (Wildman–Crippen LogP) is 1.71. The monoisotopic (exact) mass is 262 g/mol. The van der Waals surface area contributed by atoms with Crippen molar-refractivity contribution in [2.75, 3.05) is 0 Å². The Morgan fingerprint density at radius 3 is 2.50 bits per heavy atom. The van der Waals surface area contributed by atoms with Crippen LogP contribution in [-0.2, 0) is 6.61 Å². The topological polar surface area (TPSA) is 27.1 Å². The lowest BCUT2D eigenvalue weighted by Gasteiger charge is -2.06. The number of rotatable bonds is 4. The lowest BCUT2D eigenvalue weighted by atomic mass is 9.91. The summed E-state index contributed by atoms with van der Waals surface area (Å²) in [5, 5.41) is 4.42. The molecule has 0 aliphatic carbocycles. The summed E-state index contributed by atoms with van der Waals surface area (Å²) in [5.74, 6) is 0.636. The van der Waals surface area contributed by atoms with Crippen molar-refractivity contribution in [2.45, 2.75) is 6.61 Å². The van der Waals surface area contributed by atoms with Gasteiger partial charge in [0.05, 0.1) is 5.69 Å². The second-order valence-electron chi connectivity index (χ2n) is 4.65. The van der Waals surface area contributed by atoms with Crippen molar-refractivity contribution in [3.63, 3.8) is 0 Å². The van der Waals surface area contributed by atoms with Crippen LogP contribution in [0.4, 0.5) is 0 Å². The van der Waals surface area contributed by atoms with Gasteiger partial charge in [0, 0.05) is 12.3 Å². The summed E-state index contributed by atoms with van der Waals surface area (Å²) in [6.45, 7) is 0.540. The van der Waals surface area contributed by atoms with Gasteiger partial charge in [-0.3, -0.25) is 0 Å². The average Bonchev–Trinajstić information content (AvgIpc) is 2.96. The van der Waals surface area contributed by atoms with Crippen molar-refractivity contribution >= 4 is 13.3 Å². The van der Waals surface area contributed by atoms with E-state index in [2.05, 4.69) is 25.1 Å².